The van der Waals surface area contributed by atoms with E-state index in [9.17, 15) is 9.59 Å². The van der Waals surface area contributed by atoms with Gasteiger partial charge in [-0.2, -0.15) is 0 Å². The van der Waals surface area contributed by atoms with E-state index in [4.69, 9.17) is 0 Å². The predicted molar refractivity (Wildman–Crippen MR) is 69.9 cm³/mol. The second-order valence-electron chi connectivity index (χ2n) is 5.67. The third-order valence-corrected chi connectivity index (χ3v) is 4.50. The third kappa shape index (κ3) is 2.52. The lowest BCUT2D eigenvalue weighted by Crippen LogP contribution is -2.61. The van der Waals surface area contributed by atoms with Gasteiger partial charge in [-0.3, -0.25) is 9.59 Å². The van der Waals surface area contributed by atoms with Crippen molar-refractivity contribution in [2.24, 2.45) is 11.8 Å². The zero-order valence-electron chi connectivity index (χ0n) is 11.6. The Kier molecular flexibility index (Phi) is 3.93. The molecule has 0 radical (unpaired) electrons. The normalized spacial score (nSPS) is 26.4. The number of carbonyl (C=O) groups is 2. The Hall–Kier alpha value is -1.06. The van der Waals surface area contributed by atoms with Gasteiger partial charge in [-0.25, -0.2) is 0 Å². The minimum Gasteiger partial charge on any atom is -0.342 e. The molecule has 1 N–H and O–H groups in total. The van der Waals surface area contributed by atoms with Crippen molar-refractivity contribution in [3.05, 3.63) is 0 Å². The van der Waals surface area contributed by atoms with Gasteiger partial charge in [0.2, 0.25) is 11.8 Å². The Labute approximate surface area is 109 Å². The number of nitrogens with zero attached hydrogens (tertiary/aromatic N) is 1. The van der Waals surface area contributed by atoms with Crippen LogP contribution in [0.4, 0.5) is 0 Å². The van der Waals surface area contributed by atoms with Crippen molar-refractivity contribution in [1.82, 2.24) is 10.2 Å². The summed E-state index contributed by atoms with van der Waals surface area (Å²) in [6.45, 7) is 6.62. The van der Waals surface area contributed by atoms with Gasteiger partial charge >= 0.3 is 0 Å². The van der Waals surface area contributed by atoms with E-state index in [1.54, 1.807) is 4.90 Å². The van der Waals surface area contributed by atoms with E-state index in [1.807, 2.05) is 0 Å². The molecule has 4 nitrogen and oxygen atoms in total. The minimum absolute atomic E-state index is 0.00399. The molecule has 1 aliphatic carbocycles. The standard InChI is InChI=1S/C14H24N2O2/c1-4-10(5-2)9(3)16-8-12(17)15-13(14(16)18)11-6-7-11/h9-11,13H,4-8H2,1-3H3,(H,15,17). The lowest BCUT2D eigenvalue weighted by Gasteiger charge is -2.39. The smallest absolute Gasteiger partial charge is 0.246 e. The van der Waals surface area contributed by atoms with Crippen LogP contribution in [0, 0.1) is 11.8 Å². The van der Waals surface area contributed by atoms with E-state index in [-0.39, 0.29) is 30.4 Å². The van der Waals surface area contributed by atoms with Crippen LogP contribution in [0.3, 0.4) is 0 Å². The van der Waals surface area contributed by atoms with Crippen LogP contribution in [0.25, 0.3) is 0 Å². The Morgan fingerprint density at radius 1 is 1.28 bits per heavy atom. The molecule has 0 aromatic carbocycles. The lowest BCUT2D eigenvalue weighted by molar-refractivity contribution is -0.148. The Morgan fingerprint density at radius 3 is 2.39 bits per heavy atom. The second kappa shape index (κ2) is 5.29. The molecule has 2 amide bonds. The molecule has 2 aliphatic rings. The summed E-state index contributed by atoms with van der Waals surface area (Å²) in [7, 11) is 0. The summed E-state index contributed by atoms with van der Waals surface area (Å²) in [5.74, 6) is 1.01. The van der Waals surface area contributed by atoms with Gasteiger partial charge in [-0.1, -0.05) is 26.7 Å². The van der Waals surface area contributed by atoms with Crippen molar-refractivity contribution in [3.8, 4) is 0 Å². The van der Waals surface area contributed by atoms with E-state index in [2.05, 4.69) is 26.1 Å². The topological polar surface area (TPSA) is 49.4 Å². The predicted octanol–water partition coefficient (Wildman–Crippen LogP) is 1.55. The van der Waals surface area contributed by atoms with E-state index < -0.39 is 0 Å². The Bertz CT molecular complexity index is 335. The molecule has 4 heteroatoms. The minimum atomic E-state index is -0.247. The molecule has 18 heavy (non-hydrogen) atoms. The van der Waals surface area contributed by atoms with Gasteiger partial charge in [-0.05, 0) is 31.6 Å². The van der Waals surface area contributed by atoms with Gasteiger partial charge in [0.15, 0.2) is 0 Å². The lowest BCUT2D eigenvalue weighted by atomic mass is 9.92. The summed E-state index contributed by atoms with van der Waals surface area (Å²) in [5.41, 5.74) is 0. The molecule has 1 saturated carbocycles. The molecule has 0 aromatic rings. The average molecular weight is 252 g/mol. The van der Waals surface area contributed by atoms with Gasteiger partial charge in [0.25, 0.3) is 0 Å². The van der Waals surface area contributed by atoms with E-state index >= 15 is 0 Å². The van der Waals surface area contributed by atoms with Crippen LogP contribution < -0.4 is 5.32 Å². The maximum Gasteiger partial charge on any atom is 0.246 e. The number of rotatable bonds is 5. The van der Waals surface area contributed by atoms with Crippen LogP contribution in [-0.4, -0.2) is 35.3 Å². The van der Waals surface area contributed by atoms with Crippen molar-refractivity contribution in [3.63, 3.8) is 0 Å². The first-order chi connectivity index (χ1) is 8.58. The Morgan fingerprint density at radius 2 is 1.89 bits per heavy atom. The van der Waals surface area contributed by atoms with Crippen LogP contribution >= 0.6 is 0 Å². The third-order valence-electron chi connectivity index (χ3n) is 4.50. The molecule has 102 valence electrons. The first-order valence-electron chi connectivity index (χ1n) is 7.18. The highest BCUT2D eigenvalue weighted by Gasteiger charge is 2.44. The fourth-order valence-corrected chi connectivity index (χ4v) is 3.01. The van der Waals surface area contributed by atoms with Crippen LogP contribution in [-0.2, 0) is 9.59 Å². The molecular formula is C14H24N2O2. The monoisotopic (exact) mass is 252 g/mol. The molecule has 2 atom stereocenters. The molecule has 1 saturated heterocycles. The zero-order chi connectivity index (χ0) is 13.3. The number of hydrogen-bond donors (Lipinski definition) is 1. The largest absolute Gasteiger partial charge is 0.342 e. The summed E-state index contributed by atoms with van der Waals surface area (Å²) in [6.07, 6.45) is 4.25. The van der Waals surface area contributed by atoms with E-state index in [1.165, 1.54) is 0 Å². The van der Waals surface area contributed by atoms with Gasteiger partial charge in [0.1, 0.15) is 6.04 Å². The van der Waals surface area contributed by atoms with Crippen molar-refractivity contribution in [1.29, 1.82) is 0 Å². The summed E-state index contributed by atoms with van der Waals surface area (Å²) >= 11 is 0. The van der Waals surface area contributed by atoms with Crippen LogP contribution in [0.2, 0.25) is 0 Å². The first-order valence-corrected chi connectivity index (χ1v) is 7.18. The second-order valence-corrected chi connectivity index (χ2v) is 5.67. The molecule has 2 rings (SSSR count). The van der Waals surface area contributed by atoms with Crippen molar-refractivity contribution < 1.29 is 9.59 Å². The van der Waals surface area contributed by atoms with Crippen molar-refractivity contribution in [2.45, 2.75) is 58.5 Å². The highest BCUT2D eigenvalue weighted by atomic mass is 16.2. The zero-order valence-corrected chi connectivity index (χ0v) is 11.6. The number of piperazine rings is 1. The quantitative estimate of drug-likeness (QED) is 0.807. The van der Waals surface area contributed by atoms with Crippen molar-refractivity contribution >= 4 is 11.8 Å². The molecule has 1 heterocycles. The average Bonchev–Trinajstić information content (AvgIpc) is 3.17. The highest BCUT2D eigenvalue weighted by Crippen LogP contribution is 2.35. The molecule has 0 spiro atoms. The molecule has 0 bridgehead atoms. The summed E-state index contributed by atoms with van der Waals surface area (Å²) in [6, 6.07) is -0.0807. The number of carbonyl (C=O) groups excluding carboxylic acids is 2. The van der Waals surface area contributed by atoms with Crippen LogP contribution in [0.1, 0.15) is 46.5 Å². The molecule has 0 aromatic heterocycles. The number of hydrogen-bond acceptors (Lipinski definition) is 2. The summed E-state index contributed by atoms with van der Waals surface area (Å²) in [5, 5.41) is 2.86. The maximum absolute atomic E-state index is 12.4. The van der Waals surface area contributed by atoms with Crippen LogP contribution in [0.5, 0.6) is 0 Å². The fourth-order valence-electron chi connectivity index (χ4n) is 3.01. The van der Waals surface area contributed by atoms with Gasteiger partial charge < -0.3 is 10.2 Å². The highest BCUT2D eigenvalue weighted by molar-refractivity contribution is 5.95. The molecule has 2 fully saturated rings. The fraction of sp³-hybridized carbons (Fsp3) is 0.857. The van der Waals surface area contributed by atoms with E-state index in [0.717, 1.165) is 25.7 Å². The first kappa shape index (κ1) is 13.4. The molecule has 2 unspecified atom stereocenters. The Balaban J connectivity index is 2.09. The molecular weight excluding hydrogens is 228 g/mol. The van der Waals surface area contributed by atoms with Gasteiger partial charge in [0.05, 0.1) is 6.54 Å². The summed E-state index contributed by atoms with van der Waals surface area (Å²) < 4.78 is 0. The van der Waals surface area contributed by atoms with E-state index in [0.29, 0.717) is 11.8 Å². The van der Waals surface area contributed by atoms with Crippen molar-refractivity contribution in [2.75, 3.05) is 6.54 Å². The molecule has 1 aliphatic heterocycles. The maximum atomic E-state index is 12.4. The van der Waals surface area contributed by atoms with Gasteiger partial charge in [0, 0.05) is 6.04 Å². The van der Waals surface area contributed by atoms with Crippen LogP contribution in [0.15, 0.2) is 0 Å². The van der Waals surface area contributed by atoms with Gasteiger partial charge in [-0.15, -0.1) is 0 Å². The SMILES string of the molecule is CCC(CC)C(C)N1CC(=O)NC(C2CC2)C1=O. The number of amides is 2. The number of nitrogens with one attached hydrogen (secondary N) is 1. The summed E-state index contributed by atoms with van der Waals surface area (Å²) in [4.78, 5) is 26.0.